The fourth-order valence-corrected chi connectivity index (χ4v) is 5.78. The Balaban J connectivity index is 1.48. The van der Waals surface area contributed by atoms with E-state index in [9.17, 15) is 13.2 Å². The molecule has 0 spiro atoms. The van der Waals surface area contributed by atoms with Crippen LogP contribution in [0.4, 0.5) is 14.9 Å². The van der Waals surface area contributed by atoms with Crippen LogP contribution >= 0.6 is 0 Å². The number of halogens is 1. The number of piperidine rings is 1. The predicted octanol–water partition coefficient (Wildman–Crippen LogP) is 4.28. The van der Waals surface area contributed by atoms with Gasteiger partial charge >= 0.3 is 6.09 Å². The number of anilines is 1. The third kappa shape index (κ3) is 4.46. The van der Waals surface area contributed by atoms with Gasteiger partial charge in [-0.3, -0.25) is 0 Å². The van der Waals surface area contributed by atoms with Crippen LogP contribution in [0.3, 0.4) is 0 Å². The molecule has 0 saturated carbocycles. The van der Waals surface area contributed by atoms with Crippen molar-refractivity contribution in [2.24, 2.45) is 5.92 Å². The molecule has 32 heavy (non-hydrogen) atoms. The van der Waals surface area contributed by atoms with Gasteiger partial charge in [0.05, 0.1) is 22.1 Å². The van der Waals surface area contributed by atoms with Crippen LogP contribution in [0.1, 0.15) is 32.3 Å². The predicted molar refractivity (Wildman–Crippen MR) is 120 cm³/mol. The SMILES string of the molecule is CC(C)COC(=O)N1CCC(N2CCc3cc(S(=O)(=O)c4ccccc4)cc(F)c32)CC1. The van der Waals surface area contributed by atoms with Gasteiger partial charge in [-0.05, 0) is 55.0 Å². The van der Waals surface area contributed by atoms with Crippen molar-refractivity contribution in [3.05, 3.63) is 53.8 Å². The zero-order chi connectivity index (χ0) is 22.9. The van der Waals surface area contributed by atoms with E-state index in [0.29, 0.717) is 38.3 Å². The standard InChI is InChI=1S/C24H29FN2O4S/c1-17(2)16-31-24(28)26-11-9-19(10-12-26)27-13-8-18-14-21(15-22(25)23(18)27)32(29,30)20-6-4-3-5-7-20/h3-7,14-15,17,19H,8-13,16H2,1-2H3. The lowest BCUT2D eigenvalue weighted by molar-refractivity contribution is 0.0833. The van der Waals surface area contributed by atoms with Crippen LogP contribution in [0.5, 0.6) is 0 Å². The average molecular weight is 461 g/mol. The highest BCUT2D eigenvalue weighted by molar-refractivity contribution is 7.91. The van der Waals surface area contributed by atoms with Crippen LogP contribution in [0.25, 0.3) is 0 Å². The van der Waals surface area contributed by atoms with E-state index >= 15 is 4.39 Å². The molecule has 2 aromatic carbocycles. The summed E-state index contributed by atoms with van der Waals surface area (Å²) in [6, 6.07) is 11.0. The fraction of sp³-hybridized carbons (Fsp3) is 0.458. The van der Waals surface area contributed by atoms with Gasteiger partial charge in [0.15, 0.2) is 0 Å². The maximum absolute atomic E-state index is 15.2. The molecule has 172 valence electrons. The van der Waals surface area contributed by atoms with E-state index in [1.54, 1.807) is 29.2 Å². The van der Waals surface area contributed by atoms with Gasteiger partial charge in [0.1, 0.15) is 5.82 Å². The number of carbonyl (C=O) groups is 1. The number of hydrogen-bond acceptors (Lipinski definition) is 5. The molecule has 0 aliphatic carbocycles. The zero-order valence-electron chi connectivity index (χ0n) is 18.5. The van der Waals surface area contributed by atoms with Gasteiger partial charge in [0.25, 0.3) is 0 Å². The number of amides is 1. The molecule has 0 unspecified atom stereocenters. The number of benzene rings is 2. The monoisotopic (exact) mass is 460 g/mol. The third-order valence-corrected chi connectivity index (χ3v) is 7.84. The van der Waals surface area contributed by atoms with Gasteiger partial charge in [-0.1, -0.05) is 32.0 Å². The summed E-state index contributed by atoms with van der Waals surface area (Å²) in [6.45, 7) is 6.16. The van der Waals surface area contributed by atoms with Crippen LogP contribution in [0.2, 0.25) is 0 Å². The van der Waals surface area contributed by atoms with Gasteiger partial charge in [0.2, 0.25) is 9.84 Å². The molecule has 2 aromatic rings. The zero-order valence-corrected chi connectivity index (χ0v) is 19.3. The topological polar surface area (TPSA) is 66.9 Å². The second-order valence-corrected chi connectivity index (χ2v) is 10.8. The third-order valence-electron chi connectivity index (χ3n) is 6.09. The number of ether oxygens (including phenoxy) is 1. The molecular formula is C24H29FN2O4S. The van der Waals surface area contributed by atoms with Crippen LogP contribution in [0, 0.1) is 11.7 Å². The van der Waals surface area contributed by atoms with Crippen molar-refractivity contribution in [3.8, 4) is 0 Å². The first-order valence-corrected chi connectivity index (χ1v) is 12.6. The second-order valence-electron chi connectivity index (χ2n) is 8.86. The Morgan fingerprint density at radius 1 is 1.09 bits per heavy atom. The summed E-state index contributed by atoms with van der Waals surface area (Å²) in [5.74, 6) is -0.218. The van der Waals surface area contributed by atoms with Crippen molar-refractivity contribution in [2.75, 3.05) is 31.1 Å². The number of rotatable bonds is 5. The highest BCUT2D eigenvalue weighted by Crippen LogP contribution is 2.37. The fourth-order valence-electron chi connectivity index (χ4n) is 4.44. The van der Waals surface area contributed by atoms with E-state index < -0.39 is 15.7 Å². The van der Waals surface area contributed by atoms with E-state index in [1.807, 2.05) is 18.7 Å². The largest absolute Gasteiger partial charge is 0.449 e. The quantitative estimate of drug-likeness (QED) is 0.666. The minimum absolute atomic E-state index is 0.00971. The van der Waals surface area contributed by atoms with Crippen LogP contribution in [-0.2, 0) is 21.0 Å². The lowest BCUT2D eigenvalue weighted by atomic mass is 10.0. The van der Waals surface area contributed by atoms with Gasteiger partial charge in [-0.2, -0.15) is 0 Å². The Morgan fingerprint density at radius 2 is 1.78 bits per heavy atom. The van der Waals surface area contributed by atoms with E-state index in [2.05, 4.69) is 0 Å². The maximum atomic E-state index is 15.2. The molecule has 1 saturated heterocycles. The van der Waals surface area contributed by atoms with Crippen molar-refractivity contribution >= 4 is 21.6 Å². The first-order chi connectivity index (χ1) is 15.3. The summed E-state index contributed by atoms with van der Waals surface area (Å²) in [4.78, 5) is 16.1. The van der Waals surface area contributed by atoms with Crippen molar-refractivity contribution in [3.63, 3.8) is 0 Å². The summed E-state index contributed by atoms with van der Waals surface area (Å²) in [7, 11) is -3.77. The lowest BCUT2D eigenvalue weighted by Gasteiger charge is -2.37. The number of likely N-dealkylation sites (tertiary alicyclic amines) is 1. The van der Waals surface area contributed by atoms with Crippen molar-refractivity contribution < 1.29 is 22.3 Å². The minimum atomic E-state index is -3.77. The summed E-state index contributed by atoms with van der Waals surface area (Å²) >= 11 is 0. The van der Waals surface area contributed by atoms with E-state index in [0.717, 1.165) is 24.5 Å². The second kappa shape index (κ2) is 9.10. The van der Waals surface area contributed by atoms with Crippen molar-refractivity contribution in [1.29, 1.82) is 0 Å². The normalized spacial score (nSPS) is 17.0. The first kappa shape index (κ1) is 22.6. The molecule has 0 radical (unpaired) electrons. The number of nitrogens with zero attached hydrogens (tertiary/aromatic N) is 2. The van der Waals surface area contributed by atoms with Crippen LogP contribution in [-0.4, -0.2) is 51.7 Å². The molecule has 0 atom stereocenters. The highest BCUT2D eigenvalue weighted by atomic mass is 32.2. The van der Waals surface area contributed by atoms with E-state index in [-0.39, 0.29) is 27.8 Å². The number of carbonyl (C=O) groups excluding carboxylic acids is 1. The Labute approximate surface area is 188 Å². The maximum Gasteiger partial charge on any atom is 0.409 e. The lowest BCUT2D eigenvalue weighted by Crippen LogP contribution is -2.47. The molecule has 8 heteroatoms. The number of hydrogen-bond donors (Lipinski definition) is 0. The molecule has 1 amide bonds. The van der Waals surface area contributed by atoms with Crippen molar-refractivity contribution in [1.82, 2.24) is 4.90 Å². The average Bonchev–Trinajstić information content (AvgIpc) is 3.23. The molecular weight excluding hydrogens is 431 g/mol. The Hall–Kier alpha value is -2.61. The summed E-state index contributed by atoms with van der Waals surface area (Å²) in [5.41, 5.74) is 1.22. The van der Waals surface area contributed by atoms with Crippen LogP contribution in [0.15, 0.2) is 52.3 Å². The van der Waals surface area contributed by atoms with Gasteiger partial charge in [-0.15, -0.1) is 0 Å². The molecule has 0 aromatic heterocycles. The van der Waals surface area contributed by atoms with Gasteiger partial charge in [0, 0.05) is 25.7 Å². The van der Waals surface area contributed by atoms with E-state index in [4.69, 9.17) is 4.74 Å². The Bertz CT molecular complexity index is 1080. The molecule has 2 heterocycles. The van der Waals surface area contributed by atoms with Gasteiger partial charge in [-0.25, -0.2) is 17.6 Å². The molecule has 2 aliphatic rings. The minimum Gasteiger partial charge on any atom is -0.449 e. The molecule has 0 bridgehead atoms. The summed E-state index contributed by atoms with van der Waals surface area (Å²) < 4.78 is 46.4. The smallest absolute Gasteiger partial charge is 0.409 e. The molecule has 6 nitrogen and oxygen atoms in total. The highest BCUT2D eigenvalue weighted by Gasteiger charge is 2.34. The number of fused-ring (bicyclic) bond motifs is 1. The molecule has 4 rings (SSSR count). The Kier molecular flexibility index (Phi) is 6.42. The summed E-state index contributed by atoms with van der Waals surface area (Å²) in [6.07, 6.45) is 1.75. The van der Waals surface area contributed by atoms with Crippen molar-refractivity contribution in [2.45, 2.75) is 48.9 Å². The first-order valence-electron chi connectivity index (χ1n) is 11.1. The molecule has 0 N–H and O–H groups in total. The summed E-state index contributed by atoms with van der Waals surface area (Å²) in [5, 5.41) is 0. The Morgan fingerprint density at radius 3 is 2.44 bits per heavy atom. The molecule has 2 aliphatic heterocycles. The number of sulfone groups is 1. The molecule has 1 fully saturated rings. The van der Waals surface area contributed by atoms with E-state index in [1.165, 1.54) is 12.1 Å². The van der Waals surface area contributed by atoms with Gasteiger partial charge < -0.3 is 14.5 Å². The van der Waals surface area contributed by atoms with Crippen LogP contribution < -0.4 is 4.90 Å².